The van der Waals surface area contributed by atoms with Gasteiger partial charge in [-0.15, -0.1) is 0 Å². The van der Waals surface area contributed by atoms with Crippen molar-refractivity contribution in [3.8, 4) is 0 Å². The van der Waals surface area contributed by atoms with Gasteiger partial charge in [0.2, 0.25) is 0 Å². The molecule has 0 radical (unpaired) electrons. The number of hydrogen-bond acceptors (Lipinski definition) is 5. The smallest absolute Gasteiger partial charge is 0.131 e. The summed E-state index contributed by atoms with van der Waals surface area (Å²) in [5, 5.41) is 11.9. The van der Waals surface area contributed by atoms with E-state index in [2.05, 4.69) is 28.2 Å². The van der Waals surface area contributed by atoms with E-state index in [4.69, 9.17) is 9.84 Å². The van der Waals surface area contributed by atoms with E-state index in [1.165, 1.54) is 5.56 Å². The van der Waals surface area contributed by atoms with E-state index in [9.17, 15) is 0 Å². The number of nitrogens with one attached hydrogen (secondary N) is 1. The van der Waals surface area contributed by atoms with Crippen molar-refractivity contribution in [1.82, 2.24) is 4.98 Å². The molecule has 19 heavy (non-hydrogen) atoms. The highest BCUT2D eigenvalue weighted by Gasteiger charge is 2.13. The Morgan fingerprint density at radius 3 is 2.63 bits per heavy atom. The number of morpholine rings is 1. The summed E-state index contributed by atoms with van der Waals surface area (Å²) in [5.41, 5.74) is 1.17. The second-order valence-corrected chi connectivity index (χ2v) is 4.14. The Hall–Kier alpha value is -1.33. The summed E-state index contributed by atoms with van der Waals surface area (Å²) in [6, 6.07) is 4.06. The largest absolute Gasteiger partial charge is 0.395 e. The van der Waals surface area contributed by atoms with E-state index in [0.717, 1.165) is 37.9 Å². The van der Waals surface area contributed by atoms with Crippen LogP contribution in [0.15, 0.2) is 12.1 Å². The summed E-state index contributed by atoms with van der Waals surface area (Å²) in [5.74, 6) is 1.80. The van der Waals surface area contributed by atoms with E-state index in [1.807, 2.05) is 19.9 Å². The first-order chi connectivity index (χ1) is 9.29. The maximum atomic E-state index is 8.80. The maximum absolute atomic E-state index is 8.80. The molecule has 0 saturated carbocycles. The van der Waals surface area contributed by atoms with Crippen molar-refractivity contribution < 1.29 is 9.84 Å². The van der Waals surface area contributed by atoms with Gasteiger partial charge in [-0.2, -0.15) is 0 Å². The molecule has 5 heteroatoms. The monoisotopic (exact) mass is 267 g/mol. The standard InChI is InChI=1S/C12H19N3O2.C2H6/c1-10-8-11(13-2-5-16)14-12(9-10)15-3-6-17-7-4-15;1-2/h8-9,16H,2-7H2,1H3,(H,13,14);1-2H3. The molecule has 0 aliphatic carbocycles. The molecule has 1 aliphatic heterocycles. The van der Waals surface area contributed by atoms with Crippen LogP contribution in [0.2, 0.25) is 0 Å². The molecule has 0 spiro atoms. The predicted octanol–water partition coefficient (Wildman–Crippen LogP) is 1.66. The molecule has 1 saturated heterocycles. The number of hydrogen-bond donors (Lipinski definition) is 2. The minimum absolute atomic E-state index is 0.114. The van der Waals surface area contributed by atoms with Crippen LogP contribution in [0.25, 0.3) is 0 Å². The molecule has 2 N–H and O–H groups in total. The molecule has 0 atom stereocenters. The average Bonchev–Trinajstić information content (AvgIpc) is 2.47. The lowest BCUT2D eigenvalue weighted by atomic mass is 10.2. The lowest BCUT2D eigenvalue weighted by Crippen LogP contribution is -2.36. The fraction of sp³-hybridized carbons (Fsp3) is 0.643. The number of aliphatic hydroxyl groups excluding tert-OH is 1. The van der Waals surface area contributed by atoms with E-state index in [-0.39, 0.29) is 6.61 Å². The van der Waals surface area contributed by atoms with E-state index in [1.54, 1.807) is 0 Å². The molecule has 2 heterocycles. The molecule has 0 unspecified atom stereocenters. The lowest BCUT2D eigenvalue weighted by molar-refractivity contribution is 0.122. The highest BCUT2D eigenvalue weighted by molar-refractivity contribution is 5.50. The van der Waals surface area contributed by atoms with Gasteiger partial charge in [-0.3, -0.25) is 0 Å². The van der Waals surface area contributed by atoms with E-state index >= 15 is 0 Å². The van der Waals surface area contributed by atoms with Gasteiger partial charge >= 0.3 is 0 Å². The zero-order valence-electron chi connectivity index (χ0n) is 12.1. The highest BCUT2D eigenvalue weighted by Crippen LogP contribution is 2.18. The van der Waals surface area contributed by atoms with Crippen LogP contribution in [0, 0.1) is 6.92 Å². The molecule has 5 nitrogen and oxygen atoms in total. The second-order valence-electron chi connectivity index (χ2n) is 4.14. The molecule has 0 amide bonds. The van der Waals surface area contributed by atoms with Crippen LogP contribution in [-0.4, -0.2) is 49.5 Å². The Balaban J connectivity index is 0.000000861. The fourth-order valence-corrected chi connectivity index (χ4v) is 1.88. The van der Waals surface area contributed by atoms with Crippen molar-refractivity contribution in [1.29, 1.82) is 0 Å². The number of nitrogens with zero attached hydrogens (tertiary/aromatic N) is 2. The van der Waals surface area contributed by atoms with Crippen molar-refractivity contribution >= 4 is 11.6 Å². The summed E-state index contributed by atoms with van der Waals surface area (Å²) in [4.78, 5) is 6.77. The number of anilines is 2. The summed E-state index contributed by atoms with van der Waals surface area (Å²) in [6.45, 7) is 9.98. The Labute approximate surface area is 115 Å². The first kappa shape index (κ1) is 15.7. The van der Waals surface area contributed by atoms with Crippen molar-refractivity contribution in [3.05, 3.63) is 17.7 Å². The van der Waals surface area contributed by atoms with Crippen molar-refractivity contribution in [2.75, 3.05) is 49.7 Å². The molecule has 1 aromatic rings. The SMILES string of the molecule is CC.Cc1cc(NCCO)nc(N2CCOCC2)c1. The maximum Gasteiger partial charge on any atom is 0.131 e. The molecule has 1 aromatic heterocycles. The normalized spacial score (nSPS) is 14.6. The molecule has 0 bridgehead atoms. The van der Waals surface area contributed by atoms with Crippen LogP contribution in [0.5, 0.6) is 0 Å². The van der Waals surface area contributed by atoms with Crippen LogP contribution in [0.4, 0.5) is 11.6 Å². The predicted molar refractivity (Wildman–Crippen MR) is 78.9 cm³/mol. The Morgan fingerprint density at radius 1 is 1.32 bits per heavy atom. The van der Waals surface area contributed by atoms with Crippen LogP contribution in [0.3, 0.4) is 0 Å². The fourth-order valence-electron chi connectivity index (χ4n) is 1.88. The summed E-state index contributed by atoms with van der Waals surface area (Å²) in [6.07, 6.45) is 0. The quantitative estimate of drug-likeness (QED) is 0.869. The van der Waals surface area contributed by atoms with Gasteiger partial charge < -0.3 is 20.1 Å². The molecule has 1 aliphatic rings. The van der Waals surface area contributed by atoms with E-state index < -0.39 is 0 Å². The van der Waals surface area contributed by atoms with Crippen molar-refractivity contribution in [2.24, 2.45) is 0 Å². The van der Waals surface area contributed by atoms with Gasteiger partial charge in [-0.25, -0.2) is 4.98 Å². The van der Waals surface area contributed by atoms with E-state index in [0.29, 0.717) is 6.54 Å². The molecule has 0 aromatic carbocycles. The summed E-state index contributed by atoms with van der Waals surface area (Å²) >= 11 is 0. The lowest BCUT2D eigenvalue weighted by Gasteiger charge is -2.28. The van der Waals surface area contributed by atoms with Gasteiger partial charge in [0.05, 0.1) is 19.8 Å². The number of pyridine rings is 1. The average molecular weight is 267 g/mol. The first-order valence-electron chi connectivity index (χ1n) is 6.96. The molecule has 108 valence electrons. The van der Waals surface area contributed by atoms with Crippen LogP contribution < -0.4 is 10.2 Å². The third-order valence-corrected chi connectivity index (χ3v) is 2.71. The molecule has 2 rings (SSSR count). The zero-order chi connectivity index (χ0) is 14.1. The minimum atomic E-state index is 0.114. The number of ether oxygens (including phenoxy) is 1. The Morgan fingerprint density at radius 2 is 2.00 bits per heavy atom. The number of aromatic nitrogens is 1. The van der Waals surface area contributed by atoms with Gasteiger partial charge in [0, 0.05) is 19.6 Å². The Kier molecular flexibility index (Phi) is 7.22. The van der Waals surface area contributed by atoms with Crippen LogP contribution >= 0.6 is 0 Å². The number of aliphatic hydroxyl groups is 1. The Bertz CT molecular complexity index is 366. The minimum Gasteiger partial charge on any atom is -0.395 e. The topological polar surface area (TPSA) is 57.6 Å². The van der Waals surface area contributed by atoms with Gasteiger partial charge in [-0.1, -0.05) is 13.8 Å². The number of aryl methyl sites for hydroxylation is 1. The summed E-state index contributed by atoms with van der Waals surface area (Å²) < 4.78 is 5.33. The number of rotatable bonds is 4. The van der Waals surface area contributed by atoms with Gasteiger partial charge in [0.15, 0.2) is 0 Å². The zero-order valence-corrected chi connectivity index (χ0v) is 12.1. The molecular weight excluding hydrogens is 242 g/mol. The van der Waals surface area contributed by atoms with Crippen molar-refractivity contribution in [2.45, 2.75) is 20.8 Å². The highest BCUT2D eigenvalue weighted by atomic mass is 16.5. The van der Waals surface area contributed by atoms with Crippen LogP contribution in [-0.2, 0) is 4.74 Å². The molecule has 1 fully saturated rings. The third-order valence-electron chi connectivity index (χ3n) is 2.71. The first-order valence-corrected chi connectivity index (χ1v) is 6.96. The molecular formula is C14H25N3O2. The van der Waals surface area contributed by atoms with Gasteiger partial charge in [0.25, 0.3) is 0 Å². The third kappa shape index (κ3) is 5.04. The van der Waals surface area contributed by atoms with Crippen LogP contribution in [0.1, 0.15) is 19.4 Å². The van der Waals surface area contributed by atoms with Crippen molar-refractivity contribution in [3.63, 3.8) is 0 Å². The summed E-state index contributed by atoms with van der Waals surface area (Å²) in [7, 11) is 0. The van der Waals surface area contributed by atoms with Gasteiger partial charge in [-0.05, 0) is 24.6 Å². The van der Waals surface area contributed by atoms with Gasteiger partial charge in [0.1, 0.15) is 11.6 Å². The second kappa shape index (κ2) is 8.72.